The maximum atomic E-state index is 14.9. The number of aromatic hydroxyl groups is 2. The van der Waals surface area contributed by atoms with Crippen LogP contribution in [0.25, 0.3) is 0 Å². The number of fused-ring (bicyclic) bond motifs is 9. The van der Waals surface area contributed by atoms with Crippen molar-refractivity contribution in [2.75, 3.05) is 54.0 Å². The third kappa shape index (κ3) is 4.89. The lowest BCUT2D eigenvalue weighted by Crippen LogP contribution is -2.70. The number of thioether (sulfide) groups is 1. The summed E-state index contributed by atoms with van der Waals surface area (Å²) in [4.78, 5) is 34.0. The van der Waals surface area contributed by atoms with Crippen molar-refractivity contribution in [1.82, 2.24) is 14.7 Å². The molecule has 3 aromatic carbocycles. The van der Waals surface area contributed by atoms with Crippen LogP contribution in [0.1, 0.15) is 68.8 Å². The highest BCUT2D eigenvalue weighted by Crippen LogP contribution is 2.64. The Hall–Kier alpha value is -4.41. The van der Waals surface area contributed by atoms with Crippen molar-refractivity contribution in [2.45, 2.75) is 74.8 Å². The summed E-state index contributed by atoms with van der Waals surface area (Å²) < 4.78 is 36.1. The van der Waals surface area contributed by atoms with E-state index in [-0.39, 0.29) is 42.4 Å². The molecule has 0 amide bonds. The number of nitrogens with zero attached hydrogens (tertiary/aromatic N) is 3. The average Bonchev–Trinajstić information content (AvgIpc) is 3.64. The Bertz CT molecular complexity index is 2160. The molecule has 3 N–H and O–H groups in total. The largest absolute Gasteiger partial charge is 0.504 e. The van der Waals surface area contributed by atoms with Gasteiger partial charge in [-0.1, -0.05) is 6.07 Å². The lowest BCUT2D eigenvalue weighted by Gasteiger charge is -2.62. The molecular formula is C40H45N3O11S. The van der Waals surface area contributed by atoms with Gasteiger partial charge in [0.05, 0.1) is 37.6 Å². The number of hydrogen-bond donors (Lipinski definition) is 3. The molecule has 15 heteroatoms. The van der Waals surface area contributed by atoms with E-state index in [2.05, 4.69) is 4.90 Å². The van der Waals surface area contributed by atoms with E-state index in [9.17, 15) is 24.9 Å². The number of piperazine rings is 1. The van der Waals surface area contributed by atoms with Crippen LogP contribution in [0.3, 0.4) is 0 Å². The molecule has 3 aromatic rings. The quantitative estimate of drug-likeness (QED) is 0.261. The number of likely N-dealkylation sites (N-methyl/N-ethyl adjacent to an activating group) is 2. The minimum absolute atomic E-state index is 0.0155. The van der Waals surface area contributed by atoms with Crippen LogP contribution in [0.2, 0.25) is 0 Å². The van der Waals surface area contributed by atoms with Crippen molar-refractivity contribution in [2.24, 2.45) is 0 Å². The van der Waals surface area contributed by atoms with Gasteiger partial charge in [0.15, 0.2) is 40.0 Å². The molecule has 0 aromatic heterocycles. The summed E-state index contributed by atoms with van der Waals surface area (Å²) in [6, 6.07) is 3.19. The highest BCUT2D eigenvalue weighted by atomic mass is 32.2. The van der Waals surface area contributed by atoms with Crippen molar-refractivity contribution in [3.8, 4) is 40.2 Å². The third-order valence-electron chi connectivity index (χ3n) is 12.8. The molecular weight excluding hydrogens is 731 g/mol. The zero-order valence-corrected chi connectivity index (χ0v) is 32.6. The average molecular weight is 776 g/mol. The number of benzene rings is 3. The number of hydrogen-bond acceptors (Lipinski definition) is 15. The first-order valence-electron chi connectivity index (χ1n) is 18.4. The maximum Gasteiger partial charge on any atom is 0.332 e. The molecule has 1 unspecified atom stereocenters. The standard InChI is InChI=1S/C40H45N3O11S/c1-17-10-21-11-23-38(47)43-24-14-51-39(48)40(22-13-26(49-6)25(45)12-20(22)8-9-41(40)4)15-55-37(31(43)30(42(23)5)27(21)32(46)33(17)50-7)29-28(24)36-35(52-16-53-36)18(2)34(29)54-19(3)44/h10,12-13,23-24,30-31,37-38,45-47H,8-9,11,14-16H2,1-7H3/t23?,24-,30-,31+,37-,38-,40+/m0/s1. The van der Waals surface area contributed by atoms with E-state index in [0.717, 1.165) is 16.7 Å². The van der Waals surface area contributed by atoms with E-state index in [1.807, 2.05) is 43.8 Å². The van der Waals surface area contributed by atoms with Gasteiger partial charge < -0.3 is 43.7 Å². The number of phenols is 2. The summed E-state index contributed by atoms with van der Waals surface area (Å²) >= 11 is 1.49. The predicted molar refractivity (Wildman–Crippen MR) is 199 cm³/mol. The minimum atomic E-state index is -1.32. The first-order chi connectivity index (χ1) is 26.3. The SMILES string of the molecule is COc1cc2c(cc1O)CCN(C)[C@]21CS[C@H]2c3c(OC(C)=O)c(C)c4c(c3[C@H](COC1=O)N1[C@@H]2[C@@H]2c3c(cc(C)c(OC)c3O)CC([C@@H]1O)N2C)OCO4. The van der Waals surface area contributed by atoms with E-state index in [4.69, 9.17) is 28.4 Å². The maximum absolute atomic E-state index is 14.9. The number of esters is 2. The number of aryl methyl sites for hydroxylation is 1. The van der Waals surface area contributed by atoms with Gasteiger partial charge in [0.25, 0.3) is 0 Å². The van der Waals surface area contributed by atoms with E-state index in [1.54, 1.807) is 12.1 Å². The molecule has 1 spiro atoms. The molecule has 0 aliphatic carbocycles. The number of ether oxygens (including phenoxy) is 6. The molecule has 7 aliphatic rings. The second-order valence-corrected chi connectivity index (χ2v) is 16.5. The van der Waals surface area contributed by atoms with Gasteiger partial charge in [0.2, 0.25) is 6.79 Å². The number of methoxy groups -OCH3 is 2. The number of aliphatic hydroxyl groups excluding tert-OH is 1. The van der Waals surface area contributed by atoms with Gasteiger partial charge >= 0.3 is 11.9 Å². The second-order valence-electron chi connectivity index (χ2n) is 15.4. The molecule has 10 rings (SSSR count). The van der Waals surface area contributed by atoms with Gasteiger partial charge in [-0.25, -0.2) is 4.79 Å². The van der Waals surface area contributed by atoms with E-state index in [1.165, 1.54) is 32.9 Å². The molecule has 55 heavy (non-hydrogen) atoms. The molecule has 0 saturated carbocycles. The minimum Gasteiger partial charge on any atom is -0.504 e. The number of carbonyl (C=O) groups excluding carboxylic acids is 2. The lowest BCUT2D eigenvalue weighted by atomic mass is 9.73. The van der Waals surface area contributed by atoms with E-state index < -0.39 is 47.1 Å². The van der Waals surface area contributed by atoms with Crippen LogP contribution in [0.5, 0.6) is 40.2 Å². The number of aliphatic hydroxyl groups is 1. The highest BCUT2D eigenvalue weighted by molar-refractivity contribution is 7.99. The first-order valence-corrected chi connectivity index (χ1v) is 19.5. The van der Waals surface area contributed by atoms with Crippen molar-refractivity contribution >= 4 is 23.7 Å². The molecule has 7 heterocycles. The Balaban J connectivity index is 1.33. The predicted octanol–water partition coefficient (Wildman–Crippen LogP) is 3.76. The molecule has 2 saturated heterocycles. The topological polar surface area (TPSA) is 160 Å². The molecule has 0 radical (unpaired) electrons. The van der Waals surface area contributed by atoms with Gasteiger partial charge in [0, 0.05) is 47.5 Å². The van der Waals surface area contributed by atoms with Crippen LogP contribution in [-0.2, 0) is 32.7 Å². The fourth-order valence-electron chi connectivity index (χ4n) is 10.3. The van der Waals surface area contributed by atoms with Crippen molar-refractivity contribution in [3.05, 3.63) is 62.7 Å². The number of carbonyl (C=O) groups is 2. The van der Waals surface area contributed by atoms with Crippen LogP contribution in [0.4, 0.5) is 0 Å². The Morgan fingerprint density at radius 1 is 0.982 bits per heavy atom. The Morgan fingerprint density at radius 2 is 1.75 bits per heavy atom. The zero-order chi connectivity index (χ0) is 38.8. The third-order valence-corrected chi connectivity index (χ3v) is 14.2. The van der Waals surface area contributed by atoms with E-state index in [0.29, 0.717) is 70.2 Å². The van der Waals surface area contributed by atoms with Crippen molar-refractivity contribution in [3.63, 3.8) is 0 Å². The number of phenolic OH excluding ortho intramolecular Hbond substituents is 2. The van der Waals surface area contributed by atoms with Crippen molar-refractivity contribution < 1.29 is 53.3 Å². The molecule has 292 valence electrons. The van der Waals surface area contributed by atoms with Gasteiger partial charge in [-0.2, -0.15) is 0 Å². The summed E-state index contributed by atoms with van der Waals surface area (Å²) in [7, 11) is 6.87. The molecule has 2 fully saturated rings. The normalized spacial score (nSPS) is 29.5. The second kappa shape index (κ2) is 12.8. The van der Waals surface area contributed by atoms with Crippen LogP contribution in [-0.4, -0.2) is 114 Å². The monoisotopic (exact) mass is 775 g/mol. The summed E-state index contributed by atoms with van der Waals surface area (Å²) in [5.74, 6) is 1.05. The van der Waals surface area contributed by atoms with Crippen molar-refractivity contribution in [1.29, 1.82) is 0 Å². The Labute approximate surface area is 322 Å². The molecule has 14 nitrogen and oxygen atoms in total. The van der Waals surface area contributed by atoms with Gasteiger partial charge in [0.1, 0.15) is 18.6 Å². The van der Waals surface area contributed by atoms with E-state index >= 15 is 0 Å². The summed E-state index contributed by atoms with van der Waals surface area (Å²) in [6.45, 7) is 5.35. The van der Waals surface area contributed by atoms with Gasteiger partial charge in [-0.05, 0) is 75.2 Å². The Kier molecular flexibility index (Phi) is 8.44. The smallest absolute Gasteiger partial charge is 0.332 e. The molecule has 4 bridgehead atoms. The summed E-state index contributed by atoms with van der Waals surface area (Å²) in [6.07, 6.45) is -0.00348. The molecule has 7 aliphatic heterocycles. The fourth-order valence-corrected chi connectivity index (χ4v) is 12.1. The van der Waals surface area contributed by atoms with Crippen LogP contribution < -0.4 is 23.7 Å². The molecule has 7 atom stereocenters. The lowest BCUT2D eigenvalue weighted by molar-refractivity contribution is -0.188. The van der Waals surface area contributed by atoms with Crippen LogP contribution in [0.15, 0.2) is 18.2 Å². The summed E-state index contributed by atoms with van der Waals surface area (Å²) in [5.41, 5.74) is 4.48. The fraction of sp³-hybridized carbons (Fsp3) is 0.500. The highest BCUT2D eigenvalue weighted by Gasteiger charge is 2.62. The van der Waals surface area contributed by atoms with Crippen LogP contribution >= 0.6 is 11.8 Å². The summed E-state index contributed by atoms with van der Waals surface area (Å²) in [5, 5.41) is 34.8. The Morgan fingerprint density at radius 3 is 2.47 bits per heavy atom. The van der Waals surface area contributed by atoms with Gasteiger partial charge in [-0.15, -0.1) is 11.8 Å². The zero-order valence-electron chi connectivity index (χ0n) is 31.8. The van der Waals surface area contributed by atoms with Crippen LogP contribution in [0, 0.1) is 13.8 Å². The first kappa shape index (κ1) is 36.2. The number of rotatable bonds is 3. The van der Waals surface area contributed by atoms with Gasteiger partial charge in [-0.3, -0.25) is 19.5 Å².